The number of nitrogens with zero attached hydrogens (tertiary/aromatic N) is 1. The highest BCUT2D eigenvalue weighted by molar-refractivity contribution is 7.91. The van der Waals surface area contributed by atoms with Crippen molar-refractivity contribution in [2.45, 2.75) is 47.3 Å². The van der Waals surface area contributed by atoms with E-state index in [0.717, 1.165) is 18.5 Å². The summed E-state index contributed by atoms with van der Waals surface area (Å²) in [6, 6.07) is 10.9. The third-order valence-electron chi connectivity index (χ3n) is 5.77. The lowest BCUT2D eigenvalue weighted by Crippen LogP contribution is -2.32. The Morgan fingerprint density at radius 2 is 1.56 bits per heavy atom. The largest absolute Gasteiger partial charge is 0.381 e. The van der Waals surface area contributed by atoms with E-state index in [0.29, 0.717) is 25.3 Å². The molecule has 0 unspecified atom stereocenters. The molecule has 2 aromatic rings. The van der Waals surface area contributed by atoms with E-state index in [9.17, 15) is 16.8 Å². The summed E-state index contributed by atoms with van der Waals surface area (Å²) in [6.45, 7) is 5.35. The Balaban J connectivity index is 1.96. The van der Waals surface area contributed by atoms with E-state index in [1.807, 2.05) is 32.8 Å². The van der Waals surface area contributed by atoms with E-state index in [2.05, 4.69) is 4.72 Å². The van der Waals surface area contributed by atoms with Crippen LogP contribution in [-0.4, -0.2) is 50.7 Å². The fourth-order valence-electron chi connectivity index (χ4n) is 3.71. The maximum absolute atomic E-state index is 13.2. The van der Waals surface area contributed by atoms with E-state index in [1.165, 1.54) is 12.1 Å². The predicted molar refractivity (Wildman–Crippen MR) is 125 cm³/mol. The number of benzene rings is 2. The Bertz CT molecular complexity index is 1140. The van der Waals surface area contributed by atoms with Gasteiger partial charge in [-0.2, -0.15) is 0 Å². The summed E-state index contributed by atoms with van der Waals surface area (Å²) in [6.07, 6.45) is 1.61. The van der Waals surface area contributed by atoms with Crippen LogP contribution in [0.25, 0.3) is 0 Å². The molecule has 0 radical (unpaired) electrons. The first-order chi connectivity index (χ1) is 15.0. The molecule has 9 heteroatoms. The van der Waals surface area contributed by atoms with Crippen LogP contribution in [0.3, 0.4) is 0 Å². The Kier molecular flexibility index (Phi) is 7.65. The molecular weight excluding hydrogens is 448 g/mol. The Morgan fingerprint density at radius 3 is 2.12 bits per heavy atom. The zero-order valence-corrected chi connectivity index (χ0v) is 20.7. The van der Waals surface area contributed by atoms with E-state index >= 15 is 0 Å². The molecule has 1 N–H and O–H groups in total. The summed E-state index contributed by atoms with van der Waals surface area (Å²) in [4.78, 5) is 1.98. The minimum atomic E-state index is -3.88. The van der Waals surface area contributed by atoms with Crippen LogP contribution in [0.1, 0.15) is 38.2 Å². The first kappa shape index (κ1) is 24.7. The molecule has 1 fully saturated rings. The van der Waals surface area contributed by atoms with Gasteiger partial charge in [0.15, 0.2) is 0 Å². The fraction of sp³-hybridized carbons (Fsp3) is 0.478. The van der Waals surface area contributed by atoms with Crippen LogP contribution in [-0.2, 0) is 24.6 Å². The van der Waals surface area contributed by atoms with Crippen molar-refractivity contribution in [3.8, 4) is 0 Å². The molecule has 0 amide bonds. The number of ether oxygens (including phenoxy) is 1. The van der Waals surface area contributed by atoms with Gasteiger partial charge in [0.05, 0.1) is 14.7 Å². The lowest BCUT2D eigenvalue weighted by molar-refractivity contribution is 0.0678. The maximum atomic E-state index is 13.2. The second kappa shape index (κ2) is 9.91. The number of rotatable bonds is 8. The molecule has 7 nitrogen and oxygen atoms in total. The Morgan fingerprint density at radius 1 is 0.969 bits per heavy atom. The monoisotopic (exact) mass is 480 g/mol. The number of anilines is 1. The smallest absolute Gasteiger partial charge is 0.240 e. The average Bonchev–Trinajstić information content (AvgIpc) is 2.78. The standard InChI is InChI=1S/C23H32N2O5S2/c1-17(2)22-10-9-21(31(26,27)20-7-5-19(6-8-20)25(3)4)15-23(22)32(28,29)24-16-18-11-13-30-14-12-18/h5-10,15,17-18,24H,11-14,16H2,1-4H3. The SMILES string of the molecule is CC(C)c1ccc(S(=O)(=O)c2ccc(N(C)C)cc2)cc1S(=O)(=O)NCC1CCOCC1. The highest BCUT2D eigenvalue weighted by Gasteiger charge is 2.26. The fourth-order valence-corrected chi connectivity index (χ4v) is 6.58. The molecule has 1 heterocycles. The van der Waals surface area contributed by atoms with Gasteiger partial charge in [0.25, 0.3) is 0 Å². The first-order valence-corrected chi connectivity index (χ1v) is 13.7. The highest BCUT2D eigenvalue weighted by Crippen LogP contribution is 2.30. The third-order valence-corrected chi connectivity index (χ3v) is 9.02. The van der Waals surface area contributed by atoms with Crippen molar-refractivity contribution >= 4 is 25.5 Å². The van der Waals surface area contributed by atoms with Crippen LogP contribution in [0.2, 0.25) is 0 Å². The molecule has 176 valence electrons. The van der Waals surface area contributed by atoms with Gasteiger partial charge in [-0.15, -0.1) is 0 Å². The van der Waals surface area contributed by atoms with Crippen molar-refractivity contribution in [1.82, 2.24) is 4.72 Å². The molecule has 1 saturated heterocycles. The van der Waals surface area contributed by atoms with Gasteiger partial charge >= 0.3 is 0 Å². The van der Waals surface area contributed by atoms with Gasteiger partial charge < -0.3 is 9.64 Å². The van der Waals surface area contributed by atoms with Crippen molar-refractivity contribution in [1.29, 1.82) is 0 Å². The Labute approximate surface area is 191 Å². The van der Waals surface area contributed by atoms with Crippen molar-refractivity contribution in [3.63, 3.8) is 0 Å². The summed E-state index contributed by atoms with van der Waals surface area (Å²) in [5, 5.41) is 0. The van der Waals surface area contributed by atoms with Gasteiger partial charge in [0, 0.05) is 39.5 Å². The van der Waals surface area contributed by atoms with Gasteiger partial charge in [-0.05, 0) is 66.6 Å². The van der Waals surface area contributed by atoms with Crippen LogP contribution in [0.15, 0.2) is 57.2 Å². The zero-order chi connectivity index (χ0) is 23.5. The maximum Gasteiger partial charge on any atom is 0.240 e. The molecule has 0 spiro atoms. The summed E-state index contributed by atoms with van der Waals surface area (Å²) >= 11 is 0. The number of sulfone groups is 1. The van der Waals surface area contributed by atoms with E-state index in [4.69, 9.17) is 4.74 Å². The molecule has 0 aliphatic carbocycles. The van der Waals surface area contributed by atoms with Crippen LogP contribution in [0.5, 0.6) is 0 Å². The van der Waals surface area contributed by atoms with E-state index < -0.39 is 19.9 Å². The van der Waals surface area contributed by atoms with Gasteiger partial charge in [-0.25, -0.2) is 21.6 Å². The number of hydrogen-bond acceptors (Lipinski definition) is 6. The van der Waals surface area contributed by atoms with Gasteiger partial charge in [-0.1, -0.05) is 19.9 Å². The zero-order valence-electron chi connectivity index (χ0n) is 19.0. The first-order valence-electron chi connectivity index (χ1n) is 10.8. The molecule has 0 atom stereocenters. The second-order valence-corrected chi connectivity index (χ2v) is 12.3. The number of sulfonamides is 1. The predicted octanol–water partition coefficient (Wildman–Crippen LogP) is 3.41. The van der Waals surface area contributed by atoms with Gasteiger partial charge in [-0.3, -0.25) is 0 Å². The quantitative estimate of drug-likeness (QED) is 0.622. The minimum absolute atomic E-state index is 0.0190. The second-order valence-electron chi connectivity index (χ2n) is 8.65. The molecule has 32 heavy (non-hydrogen) atoms. The molecule has 0 aromatic heterocycles. The van der Waals surface area contributed by atoms with Crippen molar-refractivity contribution in [2.75, 3.05) is 38.8 Å². The summed E-state index contributed by atoms with van der Waals surface area (Å²) in [5.41, 5.74) is 1.46. The lowest BCUT2D eigenvalue weighted by Gasteiger charge is -2.23. The Hall–Kier alpha value is -1.94. The van der Waals surface area contributed by atoms with Crippen molar-refractivity contribution < 1.29 is 21.6 Å². The molecule has 1 aliphatic heterocycles. The molecule has 3 rings (SSSR count). The van der Waals surface area contributed by atoms with Crippen LogP contribution in [0, 0.1) is 5.92 Å². The van der Waals surface area contributed by atoms with E-state index in [-0.39, 0.29) is 26.5 Å². The van der Waals surface area contributed by atoms with Gasteiger partial charge in [0.2, 0.25) is 19.9 Å². The molecule has 2 aromatic carbocycles. The van der Waals surface area contributed by atoms with Crippen LogP contribution < -0.4 is 9.62 Å². The van der Waals surface area contributed by atoms with Crippen LogP contribution in [0.4, 0.5) is 5.69 Å². The normalized spacial score (nSPS) is 15.8. The summed E-state index contributed by atoms with van der Waals surface area (Å²) < 4.78 is 60.9. The lowest BCUT2D eigenvalue weighted by atomic mass is 10.0. The van der Waals surface area contributed by atoms with Crippen molar-refractivity contribution in [2.24, 2.45) is 5.92 Å². The molecule has 0 saturated carbocycles. The third kappa shape index (κ3) is 5.51. The summed E-state index contributed by atoms with van der Waals surface area (Å²) in [7, 11) is -4.00. The minimum Gasteiger partial charge on any atom is -0.381 e. The average molecular weight is 481 g/mol. The highest BCUT2D eigenvalue weighted by atomic mass is 32.2. The van der Waals surface area contributed by atoms with E-state index in [1.54, 1.807) is 30.3 Å². The van der Waals surface area contributed by atoms with Gasteiger partial charge in [0.1, 0.15) is 0 Å². The topological polar surface area (TPSA) is 92.8 Å². The van der Waals surface area contributed by atoms with Crippen LogP contribution >= 0.6 is 0 Å². The number of nitrogens with one attached hydrogen (secondary N) is 1. The molecule has 1 aliphatic rings. The van der Waals surface area contributed by atoms with Crippen molar-refractivity contribution in [3.05, 3.63) is 48.0 Å². The number of hydrogen-bond donors (Lipinski definition) is 1. The summed E-state index contributed by atoms with van der Waals surface area (Å²) in [5.74, 6) is 0.129. The molecule has 0 bridgehead atoms. The molecular formula is C23H32N2O5S2.